The van der Waals surface area contributed by atoms with E-state index in [9.17, 15) is 19.3 Å². The van der Waals surface area contributed by atoms with Gasteiger partial charge in [-0.05, 0) is 23.8 Å². The van der Waals surface area contributed by atoms with Crippen molar-refractivity contribution in [3.63, 3.8) is 0 Å². The second-order valence-electron chi connectivity index (χ2n) is 4.80. The Bertz CT molecular complexity index is 721. The predicted octanol–water partition coefficient (Wildman–Crippen LogP) is 2.85. The maximum absolute atomic E-state index is 13.2. The third-order valence-electron chi connectivity index (χ3n) is 3.27. The van der Waals surface area contributed by atoms with Crippen molar-refractivity contribution in [2.75, 3.05) is 13.7 Å². The molecule has 0 aliphatic heterocycles. The van der Waals surface area contributed by atoms with Crippen LogP contribution in [0.3, 0.4) is 0 Å². The summed E-state index contributed by atoms with van der Waals surface area (Å²) >= 11 is 0. The summed E-state index contributed by atoms with van der Waals surface area (Å²) < 4.78 is 18.5. The first kappa shape index (κ1) is 16.6. The molecule has 6 nitrogen and oxygen atoms in total. The second-order valence-corrected chi connectivity index (χ2v) is 4.80. The van der Waals surface area contributed by atoms with E-state index in [2.05, 4.69) is 5.32 Å². The van der Waals surface area contributed by atoms with Gasteiger partial charge in [0.25, 0.3) is 11.6 Å². The molecule has 2 aromatic rings. The van der Waals surface area contributed by atoms with Crippen molar-refractivity contribution in [2.24, 2.45) is 0 Å². The summed E-state index contributed by atoms with van der Waals surface area (Å²) in [6.07, 6.45) is -0.520. The number of nitrogens with one attached hydrogen (secondary N) is 1. The molecule has 0 aromatic heterocycles. The lowest BCUT2D eigenvalue weighted by molar-refractivity contribution is -0.384. The molecule has 0 saturated heterocycles. The molecule has 1 N–H and O–H groups in total. The van der Waals surface area contributed by atoms with E-state index in [-0.39, 0.29) is 17.8 Å². The van der Waals surface area contributed by atoms with Gasteiger partial charge in [-0.2, -0.15) is 0 Å². The summed E-state index contributed by atoms with van der Waals surface area (Å²) in [5.41, 5.74) is 0.603. The molecule has 0 aliphatic carbocycles. The van der Waals surface area contributed by atoms with E-state index in [0.717, 1.165) is 0 Å². The normalized spacial score (nSPS) is 11.7. The van der Waals surface area contributed by atoms with Crippen LogP contribution in [0, 0.1) is 15.9 Å². The van der Waals surface area contributed by atoms with Crippen LogP contribution in [0.15, 0.2) is 48.5 Å². The first-order valence-corrected chi connectivity index (χ1v) is 6.82. The highest BCUT2D eigenvalue weighted by atomic mass is 19.1. The van der Waals surface area contributed by atoms with Crippen LogP contribution in [-0.2, 0) is 4.74 Å². The molecule has 1 unspecified atom stereocenters. The van der Waals surface area contributed by atoms with E-state index in [0.29, 0.717) is 5.56 Å². The topological polar surface area (TPSA) is 81.5 Å². The molecule has 1 atom stereocenters. The molecule has 7 heteroatoms. The zero-order valence-corrected chi connectivity index (χ0v) is 12.4. The van der Waals surface area contributed by atoms with Gasteiger partial charge in [-0.1, -0.05) is 18.2 Å². The summed E-state index contributed by atoms with van der Waals surface area (Å²) in [7, 11) is 1.45. The van der Waals surface area contributed by atoms with E-state index in [4.69, 9.17) is 4.74 Å². The average Bonchev–Trinajstić information content (AvgIpc) is 2.55. The summed E-state index contributed by atoms with van der Waals surface area (Å²) in [6, 6.07) is 11.3. The van der Waals surface area contributed by atoms with Gasteiger partial charge in [0.2, 0.25) is 0 Å². The average molecular weight is 318 g/mol. The zero-order chi connectivity index (χ0) is 16.8. The summed E-state index contributed by atoms with van der Waals surface area (Å²) in [5, 5.41) is 13.3. The first-order chi connectivity index (χ1) is 11.0. The van der Waals surface area contributed by atoms with Crippen LogP contribution in [0.1, 0.15) is 22.0 Å². The van der Waals surface area contributed by atoms with E-state index in [1.807, 2.05) is 0 Å². The van der Waals surface area contributed by atoms with Gasteiger partial charge in [0.1, 0.15) is 5.82 Å². The van der Waals surface area contributed by atoms with Crippen LogP contribution in [-0.4, -0.2) is 24.5 Å². The Morgan fingerprint density at radius 2 is 2.04 bits per heavy atom. The van der Waals surface area contributed by atoms with Gasteiger partial charge >= 0.3 is 0 Å². The van der Waals surface area contributed by atoms with E-state index < -0.39 is 22.8 Å². The third kappa shape index (κ3) is 4.33. The predicted molar refractivity (Wildman–Crippen MR) is 81.6 cm³/mol. The Morgan fingerprint density at radius 3 is 2.70 bits per heavy atom. The molecule has 0 radical (unpaired) electrons. The van der Waals surface area contributed by atoms with Gasteiger partial charge in [-0.25, -0.2) is 4.39 Å². The van der Waals surface area contributed by atoms with Crippen molar-refractivity contribution in [3.05, 3.63) is 75.6 Å². The minimum Gasteiger partial charge on any atom is -0.375 e. The molecule has 0 aliphatic rings. The van der Waals surface area contributed by atoms with Gasteiger partial charge in [0, 0.05) is 31.4 Å². The fourth-order valence-corrected chi connectivity index (χ4v) is 2.09. The Hall–Kier alpha value is -2.80. The molecule has 0 saturated carbocycles. The smallest absolute Gasteiger partial charge is 0.270 e. The monoisotopic (exact) mass is 318 g/mol. The molecule has 1 amide bonds. The minimum absolute atomic E-state index is 0.113. The van der Waals surface area contributed by atoms with Crippen molar-refractivity contribution >= 4 is 11.6 Å². The Morgan fingerprint density at radius 1 is 1.30 bits per heavy atom. The fourth-order valence-electron chi connectivity index (χ4n) is 2.09. The molecular formula is C16H15FN2O4. The quantitative estimate of drug-likeness (QED) is 0.656. The van der Waals surface area contributed by atoms with E-state index >= 15 is 0 Å². The largest absolute Gasteiger partial charge is 0.375 e. The van der Waals surface area contributed by atoms with Crippen LogP contribution < -0.4 is 5.32 Å². The molecule has 0 heterocycles. The maximum Gasteiger partial charge on any atom is 0.270 e. The lowest BCUT2D eigenvalue weighted by atomic mass is 10.1. The molecule has 0 fully saturated rings. The molecule has 0 bridgehead atoms. The number of nitrogens with zero attached hydrogens (tertiary/aromatic N) is 1. The van der Waals surface area contributed by atoms with Crippen molar-refractivity contribution in [2.45, 2.75) is 6.10 Å². The van der Waals surface area contributed by atoms with E-state index in [1.54, 1.807) is 12.1 Å². The van der Waals surface area contributed by atoms with Crippen LogP contribution in [0.2, 0.25) is 0 Å². The number of rotatable bonds is 6. The van der Waals surface area contributed by atoms with Crippen LogP contribution in [0.4, 0.5) is 10.1 Å². The number of methoxy groups -OCH3 is 1. The van der Waals surface area contributed by atoms with Crippen LogP contribution in [0.5, 0.6) is 0 Å². The number of nitro benzene ring substituents is 1. The molecule has 120 valence electrons. The van der Waals surface area contributed by atoms with Gasteiger partial charge < -0.3 is 10.1 Å². The Kier molecular flexibility index (Phi) is 5.37. The number of carbonyl (C=O) groups is 1. The molecule has 2 rings (SSSR count). The number of amides is 1. The highest BCUT2D eigenvalue weighted by molar-refractivity contribution is 5.94. The summed E-state index contributed by atoms with van der Waals surface area (Å²) in [4.78, 5) is 22.2. The van der Waals surface area contributed by atoms with Crippen molar-refractivity contribution in [1.29, 1.82) is 0 Å². The van der Waals surface area contributed by atoms with Crippen LogP contribution in [0.25, 0.3) is 0 Å². The number of nitro groups is 1. The lowest BCUT2D eigenvalue weighted by Gasteiger charge is -2.16. The van der Waals surface area contributed by atoms with Gasteiger partial charge in [0.15, 0.2) is 0 Å². The lowest BCUT2D eigenvalue weighted by Crippen LogP contribution is -2.29. The number of benzene rings is 2. The van der Waals surface area contributed by atoms with Crippen molar-refractivity contribution < 1.29 is 18.8 Å². The number of non-ortho nitro benzene ring substituents is 1. The summed E-state index contributed by atoms with van der Waals surface area (Å²) in [6.45, 7) is 0.113. The van der Waals surface area contributed by atoms with Crippen LogP contribution >= 0.6 is 0 Å². The van der Waals surface area contributed by atoms with Crippen molar-refractivity contribution in [1.82, 2.24) is 5.32 Å². The number of hydrogen-bond acceptors (Lipinski definition) is 4. The first-order valence-electron chi connectivity index (χ1n) is 6.82. The third-order valence-corrected chi connectivity index (χ3v) is 3.27. The zero-order valence-electron chi connectivity index (χ0n) is 12.4. The Balaban J connectivity index is 2.05. The molecular weight excluding hydrogens is 303 g/mol. The fraction of sp³-hybridized carbons (Fsp3) is 0.188. The van der Waals surface area contributed by atoms with Gasteiger partial charge in [-0.15, -0.1) is 0 Å². The highest BCUT2D eigenvalue weighted by Crippen LogP contribution is 2.17. The summed E-state index contributed by atoms with van der Waals surface area (Å²) in [5.74, 6) is -0.860. The minimum atomic E-state index is -0.568. The number of ether oxygens (including phenoxy) is 1. The van der Waals surface area contributed by atoms with Gasteiger partial charge in [-0.3, -0.25) is 14.9 Å². The standard InChI is InChI=1S/C16H15FN2O4/c1-23-15(11-4-2-6-13(17)8-11)10-18-16(20)12-5-3-7-14(9-12)19(21)22/h2-9,15H,10H2,1H3,(H,18,20). The molecule has 2 aromatic carbocycles. The number of hydrogen-bond donors (Lipinski definition) is 1. The van der Waals surface area contributed by atoms with Gasteiger partial charge in [0.05, 0.1) is 11.0 Å². The second kappa shape index (κ2) is 7.46. The van der Waals surface area contributed by atoms with E-state index in [1.165, 1.54) is 43.5 Å². The Labute approximate surface area is 132 Å². The molecule has 23 heavy (non-hydrogen) atoms. The number of halogens is 1. The highest BCUT2D eigenvalue weighted by Gasteiger charge is 2.15. The SMILES string of the molecule is COC(CNC(=O)c1cccc([N+](=O)[O-])c1)c1cccc(F)c1. The molecule has 0 spiro atoms. The van der Waals surface area contributed by atoms with Crippen molar-refractivity contribution in [3.8, 4) is 0 Å². The number of carbonyl (C=O) groups excluding carboxylic acids is 1. The maximum atomic E-state index is 13.2.